The molecule has 0 spiro atoms. The standard InChI is InChI=1S/C12H14N4O4/c1-15(2)5-6-19-9-7-13-12(14-8-9)10-3-4-11(20-10)16(17)18/h3-4,7-8H,5-6H2,1-2H3. The van der Waals surface area contributed by atoms with Gasteiger partial charge < -0.3 is 14.1 Å². The second-order valence-electron chi connectivity index (χ2n) is 4.29. The lowest BCUT2D eigenvalue weighted by Crippen LogP contribution is -2.19. The number of nitro groups is 1. The number of hydrogen-bond donors (Lipinski definition) is 0. The van der Waals surface area contributed by atoms with Crippen LogP contribution in [-0.2, 0) is 0 Å². The molecule has 0 unspecified atom stereocenters. The van der Waals surface area contributed by atoms with Crippen molar-refractivity contribution in [3.63, 3.8) is 0 Å². The molecule has 0 aromatic carbocycles. The Kier molecular flexibility index (Phi) is 4.26. The van der Waals surface area contributed by atoms with Crippen LogP contribution < -0.4 is 4.74 Å². The Morgan fingerprint density at radius 3 is 2.60 bits per heavy atom. The first-order valence-corrected chi connectivity index (χ1v) is 5.90. The van der Waals surface area contributed by atoms with Crippen molar-refractivity contribution >= 4 is 5.88 Å². The number of aromatic nitrogens is 2. The van der Waals surface area contributed by atoms with E-state index >= 15 is 0 Å². The number of nitrogens with zero attached hydrogens (tertiary/aromatic N) is 4. The van der Waals surface area contributed by atoms with Crippen LogP contribution in [0, 0.1) is 10.1 Å². The van der Waals surface area contributed by atoms with Crippen molar-refractivity contribution in [2.45, 2.75) is 0 Å². The van der Waals surface area contributed by atoms with Gasteiger partial charge in [0, 0.05) is 6.54 Å². The van der Waals surface area contributed by atoms with Crippen LogP contribution in [0.5, 0.6) is 5.75 Å². The summed E-state index contributed by atoms with van der Waals surface area (Å²) in [6.45, 7) is 1.31. The van der Waals surface area contributed by atoms with E-state index in [9.17, 15) is 10.1 Å². The lowest BCUT2D eigenvalue weighted by Gasteiger charge is -2.10. The summed E-state index contributed by atoms with van der Waals surface area (Å²) in [7, 11) is 3.90. The van der Waals surface area contributed by atoms with Crippen LogP contribution in [0.2, 0.25) is 0 Å². The van der Waals surface area contributed by atoms with Gasteiger partial charge in [0.05, 0.1) is 18.5 Å². The number of likely N-dealkylation sites (N-methyl/N-ethyl adjacent to an activating group) is 1. The topological polar surface area (TPSA) is 94.5 Å². The molecule has 0 amide bonds. The lowest BCUT2D eigenvalue weighted by atomic mass is 10.4. The molecule has 2 aromatic heterocycles. The summed E-state index contributed by atoms with van der Waals surface area (Å²) < 4.78 is 10.5. The molecule has 0 saturated heterocycles. The molecule has 0 bridgehead atoms. The zero-order chi connectivity index (χ0) is 14.5. The summed E-state index contributed by atoms with van der Waals surface area (Å²) in [6, 6.07) is 2.72. The average molecular weight is 278 g/mol. The van der Waals surface area contributed by atoms with Gasteiger partial charge >= 0.3 is 5.88 Å². The average Bonchev–Trinajstić information content (AvgIpc) is 2.89. The van der Waals surface area contributed by atoms with Gasteiger partial charge in [0.1, 0.15) is 11.5 Å². The van der Waals surface area contributed by atoms with Gasteiger partial charge in [0.25, 0.3) is 0 Å². The predicted octanol–water partition coefficient (Wildman–Crippen LogP) is 1.59. The molecule has 0 aliphatic rings. The molecule has 0 radical (unpaired) electrons. The Balaban J connectivity index is 2.01. The van der Waals surface area contributed by atoms with Crippen molar-refractivity contribution in [1.82, 2.24) is 14.9 Å². The third-order valence-electron chi connectivity index (χ3n) is 2.43. The Morgan fingerprint density at radius 2 is 2.05 bits per heavy atom. The molecule has 8 nitrogen and oxygen atoms in total. The van der Waals surface area contributed by atoms with Crippen LogP contribution in [0.15, 0.2) is 28.9 Å². The van der Waals surface area contributed by atoms with Crippen molar-refractivity contribution in [2.75, 3.05) is 27.2 Å². The van der Waals surface area contributed by atoms with Gasteiger partial charge in [-0.3, -0.25) is 10.1 Å². The second kappa shape index (κ2) is 6.11. The highest BCUT2D eigenvalue weighted by molar-refractivity contribution is 5.48. The number of rotatable bonds is 6. The van der Waals surface area contributed by atoms with Gasteiger partial charge in [-0.2, -0.15) is 0 Å². The summed E-state index contributed by atoms with van der Waals surface area (Å²) in [5.41, 5.74) is 0. The van der Waals surface area contributed by atoms with Crippen molar-refractivity contribution in [3.05, 3.63) is 34.6 Å². The van der Waals surface area contributed by atoms with Crippen LogP contribution in [0.1, 0.15) is 0 Å². The fraction of sp³-hybridized carbons (Fsp3) is 0.333. The maximum atomic E-state index is 10.5. The summed E-state index contributed by atoms with van der Waals surface area (Å²) in [4.78, 5) is 20.0. The van der Waals surface area contributed by atoms with Crippen molar-refractivity contribution in [2.24, 2.45) is 0 Å². The van der Waals surface area contributed by atoms with Crippen LogP contribution in [0.3, 0.4) is 0 Å². The fourth-order valence-electron chi connectivity index (χ4n) is 1.41. The Morgan fingerprint density at radius 1 is 1.35 bits per heavy atom. The largest absolute Gasteiger partial charge is 0.489 e. The maximum Gasteiger partial charge on any atom is 0.433 e. The van der Waals surface area contributed by atoms with E-state index in [2.05, 4.69) is 9.97 Å². The molecule has 0 saturated carbocycles. The minimum Gasteiger partial charge on any atom is -0.489 e. The second-order valence-corrected chi connectivity index (χ2v) is 4.29. The highest BCUT2D eigenvalue weighted by Crippen LogP contribution is 2.23. The highest BCUT2D eigenvalue weighted by atomic mass is 16.6. The van der Waals surface area contributed by atoms with Gasteiger partial charge in [0.2, 0.25) is 0 Å². The first kappa shape index (κ1) is 13.9. The quantitative estimate of drug-likeness (QED) is 0.584. The van der Waals surface area contributed by atoms with Gasteiger partial charge in [-0.05, 0) is 20.2 Å². The monoisotopic (exact) mass is 278 g/mol. The van der Waals surface area contributed by atoms with Gasteiger partial charge in [-0.25, -0.2) is 9.97 Å². The SMILES string of the molecule is CN(C)CCOc1cnc(-c2ccc([N+](=O)[O-])o2)nc1. The normalized spacial score (nSPS) is 10.8. The number of ether oxygens (including phenoxy) is 1. The van der Waals surface area contributed by atoms with Gasteiger partial charge in [-0.1, -0.05) is 0 Å². The molecule has 2 rings (SSSR count). The maximum absolute atomic E-state index is 10.5. The zero-order valence-electron chi connectivity index (χ0n) is 11.1. The summed E-state index contributed by atoms with van der Waals surface area (Å²) >= 11 is 0. The molecular formula is C12H14N4O4. The first-order chi connectivity index (χ1) is 9.56. The van der Waals surface area contributed by atoms with Crippen LogP contribution in [-0.4, -0.2) is 47.0 Å². The van der Waals surface area contributed by atoms with Crippen molar-refractivity contribution < 1.29 is 14.1 Å². The van der Waals surface area contributed by atoms with Crippen LogP contribution in [0.25, 0.3) is 11.6 Å². The zero-order valence-corrected chi connectivity index (χ0v) is 11.1. The molecule has 20 heavy (non-hydrogen) atoms. The molecule has 2 aromatic rings. The van der Waals surface area contributed by atoms with E-state index in [-0.39, 0.29) is 17.5 Å². The van der Waals surface area contributed by atoms with E-state index in [0.717, 1.165) is 6.54 Å². The Bertz CT molecular complexity index is 579. The summed E-state index contributed by atoms with van der Waals surface area (Å²) in [5, 5.41) is 10.5. The van der Waals surface area contributed by atoms with E-state index in [4.69, 9.17) is 9.15 Å². The number of hydrogen-bond acceptors (Lipinski definition) is 7. The van der Waals surface area contributed by atoms with E-state index in [1.54, 1.807) is 0 Å². The minimum absolute atomic E-state index is 0.247. The molecule has 0 atom stereocenters. The molecule has 2 heterocycles. The van der Waals surface area contributed by atoms with Gasteiger partial charge in [-0.15, -0.1) is 0 Å². The first-order valence-electron chi connectivity index (χ1n) is 5.90. The summed E-state index contributed by atoms with van der Waals surface area (Å²) in [5.74, 6) is 0.723. The molecule has 0 N–H and O–H groups in total. The molecule has 8 heteroatoms. The van der Waals surface area contributed by atoms with Crippen molar-refractivity contribution in [1.29, 1.82) is 0 Å². The minimum atomic E-state index is -0.609. The Hall–Kier alpha value is -2.48. The highest BCUT2D eigenvalue weighted by Gasteiger charge is 2.14. The molecule has 0 fully saturated rings. The third-order valence-corrected chi connectivity index (χ3v) is 2.43. The van der Waals surface area contributed by atoms with Crippen LogP contribution >= 0.6 is 0 Å². The van der Waals surface area contributed by atoms with E-state index < -0.39 is 4.92 Å². The predicted molar refractivity (Wildman–Crippen MR) is 70.4 cm³/mol. The fourth-order valence-corrected chi connectivity index (χ4v) is 1.41. The molecule has 106 valence electrons. The molecular weight excluding hydrogens is 264 g/mol. The van der Waals surface area contributed by atoms with E-state index in [1.165, 1.54) is 24.5 Å². The van der Waals surface area contributed by atoms with Crippen LogP contribution in [0.4, 0.5) is 5.88 Å². The van der Waals surface area contributed by atoms with E-state index in [1.807, 2.05) is 19.0 Å². The molecule has 0 aliphatic heterocycles. The van der Waals surface area contributed by atoms with Crippen molar-refractivity contribution in [3.8, 4) is 17.3 Å². The molecule has 0 aliphatic carbocycles. The smallest absolute Gasteiger partial charge is 0.433 e. The van der Waals surface area contributed by atoms with E-state index in [0.29, 0.717) is 12.4 Å². The van der Waals surface area contributed by atoms with Gasteiger partial charge in [0.15, 0.2) is 17.3 Å². The lowest BCUT2D eigenvalue weighted by molar-refractivity contribution is -0.401. The third kappa shape index (κ3) is 3.51. The summed E-state index contributed by atoms with van der Waals surface area (Å²) in [6.07, 6.45) is 3.01. The Labute approximate surface area is 115 Å². The number of furan rings is 1.